The van der Waals surface area contributed by atoms with Gasteiger partial charge in [0.2, 0.25) is 0 Å². The highest BCUT2D eigenvalue weighted by Gasteiger charge is 2.51. The number of nitrogens with two attached hydrogens (primary N) is 1. The lowest BCUT2D eigenvalue weighted by Gasteiger charge is -2.21. The first-order chi connectivity index (χ1) is 10.9. The molecule has 1 aliphatic carbocycles. The van der Waals surface area contributed by atoms with Crippen LogP contribution in [0.25, 0.3) is 11.2 Å². The van der Waals surface area contributed by atoms with Gasteiger partial charge in [0.25, 0.3) is 0 Å². The number of hydrogen-bond donors (Lipinski definition) is 2. The molecule has 0 radical (unpaired) electrons. The summed E-state index contributed by atoms with van der Waals surface area (Å²) in [5.74, 6) is -0.362. The first kappa shape index (κ1) is 14.6. The molecule has 0 saturated carbocycles. The van der Waals surface area contributed by atoms with Crippen LogP contribution in [0, 0.1) is 0 Å². The van der Waals surface area contributed by atoms with Crippen LogP contribution in [0.5, 0.6) is 0 Å². The molecule has 0 aromatic carbocycles. The fourth-order valence-electron chi connectivity index (χ4n) is 3.39. The van der Waals surface area contributed by atoms with Crippen molar-refractivity contribution in [3.63, 3.8) is 0 Å². The number of aliphatic hydroxyl groups is 1. The smallest absolute Gasteiger partial charge is 0.166 e. The van der Waals surface area contributed by atoms with Crippen LogP contribution in [0.15, 0.2) is 24.3 Å². The summed E-state index contributed by atoms with van der Waals surface area (Å²) < 4.78 is 13.9. The second-order valence-electron chi connectivity index (χ2n) is 6.44. The van der Waals surface area contributed by atoms with Crippen molar-refractivity contribution in [1.82, 2.24) is 19.5 Å². The number of hydrogen-bond acceptors (Lipinski definition) is 7. The monoisotopic (exact) mass is 317 g/mol. The Morgan fingerprint density at radius 2 is 2.09 bits per heavy atom. The van der Waals surface area contributed by atoms with Crippen molar-refractivity contribution in [3.05, 3.63) is 24.3 Å². The van der Waals surface area contributed by atoms with Crippen molar-refractivity contribution in [2.75, 3.05) is 5.73 Å². The van der Waals surface area contributed by atoms with Crippen LogP contribution in [0.1, 0.15) is 26.8 Å². The standard InChI is InChI=1S/C15H19N5O3/c1-7(21)8-4-9(12-11(8)22-15(2,3)23-12)20-6-19-10-13(16)17-5-18-14(10)20/h4-7,9,11-12,21H,1-3H3,(H2,16,17,18)/t7-,9-,11-,12+/m1/s1. The predicted octanol–water partition coefficient (Wildman–Crippen LogP) is 0.790. The van der Waals surface area contributed by atoms with Crippen LogP contribution in [0.2, 0.25) is 0 Å². The van der Waals surface area contributed by atoms with Crippen molar-refractivity contribution >= 4 is 17.0 Å². The highest BCUT2D eigenvalue weighted by molar-refractivity contribution is 5.81. The van der Waals surface area contributed by atoms with Crippen LogP contribution < -0.4 is 5.73 Å². The van der Waals surface area contributed by atoms with Crippen LogP contribution >= 0.6 is 0 Å². The molecule has 2 aliphatic rings. The number of ether oxygens (including phenoxy) is 2. The van der Waals surface area contributed by atoms with Crippen molar-refractivity contribution in [2.24, 2.45) is 0 Å². The van der Waals surface area contributed by atoms with E-state index in [0.717, 1.165) is 5.57 Å². The molecule has 2 aromatic rings. The Bertz CT molecular complexity index is 798. The summed E-state index contributed by atoms with van der Waals surface area (Å²) in [6.45, 7) is 5.47. The van der Waals surface area contributed by atoms with Gasteiger partial charge < -0.3 is 24.9 Å². The summed E-state index contributed by atoms with van der Waals surface area (Å²) in [5.41, 5.74) is 7.86. The fraction of sp³-hybridized carbons (Fsp3) is 0.533. The summed E-state index contributed by atoms with van der Waals surface area (Å²) in [4.78, 5) is 12.6. The Labute approximate surface area is 133 Å². The Kier molecular flexibility index (Phi) is 2.99. The van der Waals surface area contributed by atoms with E-state index in [1.165, 1.54) is 6.33 Å². The maximum Gasteiger partial charge on any atom is 0.166 e. The van der Waals surface area contributed by atoms with E-state index in [4.69, 9.17) is 15.2 Å². The molecule has 1 saturated heterocycles. The van der Waals surface area contributed by atoms with Gasteiger partial charge in [-0.05, 0) is 26.3 Å². The number of rotatable bonds is 2. The maximum atomic E-state index is 10.1. The van der Waals surface area contributed by atoms with E-state index < -0.39 is 11.9 Å². The lowest BCUT2D eigenvalue weighted by Crippen LogP contribution is -2.29. The minimum atomic E-state index is -0.702. The van der Waals surface area contributed by atoms with Gasteiger partial charge in [0.15, 0.2) is 17.3 Å². The molecule has 0 spiro atoms. The molecule has 3 N–H and O–H groups in total. The van der Waals surface area contributed by atoms with E-state index in [2.05, 4.69) is 15.0 Å². The topological polar surface area (TPSA) is 108 Å². The van der Waals surface area contributed by atoms with Gasteiger partial charge >= 0.3 is 0 Å². The average molecular weight is 317 g/mol. The largest absolute Gasteiger partial charge is 0.389 e. The van der Waals surface area contributed by atoms with Gasteiger partial charge in [-0.25, -0.2) is 15.0 Å². The first-order valence-electron chi connectivity index (χ1n) is 7.56. The summed E-state index contributed by atoms with van der Waals surface area (Å²) in [7, 11) is 0. The van der Waals surface area contributed by atoms with Crippen molar-refractivity contribution in [1.29, 1.82) is 0 Å². The molecule has 0 amide bonds. The molecule has 1 aliphatic heterocycles. The van der Waals surface area contributed by atoms with Gasteiger partial charge in [-0.2, -0.15) is 0 Å². The molecule has 1 fully saturated rings. The summed E-state index contributed by atoms with van der Waals surface area (Å²) in [5, 5.41) is 10.1. The molecule has 2 aromatic heterocycles. The molecule has 0 bridgehead atoms. The second-order valence-corrected chi connectivity index (χ2v) is 6.44. The second kappa shape index (κ2) is 4.73. The maximum absolute atomic E-state index is 10.1. The van der Waals surface area contributed by atoms with Gasteiger partial charge in [0.05, 0.1) is 18.5 Å². The van der Waals surface area contributed by atoms with Crippen LogP contribution in [0.4, 0.5) is 5.82 Å². The molecule has 8 nitrogen and oxygen atoms in total. The van der Waals surface area contributed by atoms with Gasteiger partial charge in [-0.3, -0.25) is 0 Å². The predicted molar refractivity (Wildman–Crippen MR) is 82.4 cm³/mol. The summed E-state index contributed by atoms with van der Waals surface area (Å²) in [6.07, 6.45) is 3.91. The molecule has 0 unspecified atom stereocenters. The zero-order valence-corrected chi connectivity index (χ0v) is 13.2. The number of aliphatic hydroxyl groups excluding tert-OH is 1. The third kappa shape index (κ3) is 2.13. The quantitative estimate of drug-likeness (QED) is 0.788. The third-order valence-corrected chi connectivity index (χ3v) is 4.35. The fourth-order valence-corrected chi connectivity index (χ4v) is 3.39. The number of nitrogen functional groups attached to an aromatic ring is 1. The molecule has 23 heavy (non-hydrogen) atoms. The van der Waals surface area contributed by atoms with Crippen molar-refractivity contribution in [3.8, 4) is 0 Å². The van der Waals surface area contributed by atoms with E-state index in [-0.39, 0.29) is 18.2 Å². The Balaban J connectivity index is 1.82. The van der Waals surface area contributed by atoms with Crippen LogP contribution in [-0.2, 0) is 9.47 Å². The van der Waals surface area contributed by atoms with Crippen LogP contribution in [0.3, 0.4) is 0 Å². The number of nitrogens with zero attached hydrogens (tertiary/aromatic N) is 4. The molecular weight excluding hydrogens is 298 g/mol. The molecule has 122 valence electrons. The summed E-state index contributed by atoms with van der Waals surface area (Å²) >= 11 is 0. The summed E-state index contributed by atoms with van der Waals surface area (Å²) in [6, 6.07) is -0.175. The molecule has 8 heteroatoms. The molecule has 4 atom stereocenters. The normalized spacial score (nSPS) is 30.4. The lowest BCUT2D eigenvalue weighted by molar-refractivity contribution is -0.148. The number of imidazole rings is 1. The van der Waals surface area contributed by atoms with Crippen molar-refractivity contribution in [2.45, 2.75) is 50.9 Å². The van der Waals surface area contributed by atoms with Gasteiger partial charge in [-0.15, -0.1) is 0 Å². The van der Waals surface area contributed by atoms with Gasteiger partial charge in [-0.1, -0.05) is 6.08 Å². The van der Waals surface area contributed by atoms with Crippen molar-refractivity contribution < 1.29 is 14.6 Å². The highest BCUT2D eigenvalue weighted by Crippen LogP contribution is 2.44. The Morgan fingerprint density at radius 1 is 1.30 bits per heavy atom. The Hall–Kier alpha value is -2.03. The zero-order chi connectivity index (χ0) is 16.4. The number of fused-ring (bicyclic) bond motifs is 2. The minimum absolute atomic E-state index is 0.175. The van der Waals surface area contributed by atoms with Gasteiger partial charge in [0.1, 0.15) is 24.1 Å². The third-order valence-electron chi connectivity index (χ3n) is 4.35. The minimum Gasteiger partial charge on any atom is -0.389 e. The number of aromatic nitrogens is 4. The van der Waals surface area contributed by atoms with Crippen LogP contribution in [-0.4, -0.2) is 48.7 Å². The van der Waals surface area contributed by atoms with Gasteiger partial charge in [0, 0.05) is 0 Å². The SMILES string of the molecule is C[C@@H](O)C1=C[C@@H](n2cnc3c(N)ncnc32)[C@@H]2OC(C)(C)O[C@H]12. The first-order valence-corrected chi connectivity index (χ1v) is 7.56. The van der Waals surface area contributed by atoms with E-state index in [9.17, 15) is 5.11 Å². The molecule has 4 rings (SSSR count). The number of anilines is 1. The average Bonchev–Trinajstić information content (AvgIpc) is 3.09. The lowest BCUT2D eigenvalue weighted by atomic mass is 10.1. The van der Waals surface area contributed by atoms with E-state index in [0.29, 0.717) is 17.0 Å². The van der Waals surface area contributed by atoms with E-state index in [1.807, 2.05) is 24.5 Å². The molecular formula is C15H19N5O3. The Morgan fingerprint density at radius 3 is 2.83 bits per heavy atom. The van der Waals surface area contributed by atoms with E-state index >= 15 is 0 Å². The highest BCUT2D eigenvalue weighted by atomic mass is 16.8. The zero-order valence-electron chi connectivity index (χ0n) is 13.2. The van der Waals surface area contributed by atoms with E-state index in [1.54, 1.807) is 13.3 Å². The molecule has 3 heterocycles.